The van der Waals surface area contributed by atoms with E-state index in [4.69, 9.17) is 0 Å². The van der Waals surface area contributed by atoms with E-state index in [9.17, 15) is 14.9 Å². The van der Waals surface area contributed by atoms with Crippen LogP contribution in [0.25, 0.3) is 0 Å². The lowest BCUT2D eigenvalue weighted by Gasteiger charge is -2.32. The summed E-state index contributed by atoms with van der Waals surface area (Å²) in [6.45, 7) is 3.41. The molecule has 7 heteroatoms. The van der Waals surface area contributed by atoms with Crippen LogP contribution in [0.15, 0.2) is 18.2 Å². The molecule has 1 aromatic carbocycles. The molecule has 0 amide bonds. The Morgan fingerprint density at radius 3 is 2.58 bits per heavy atom. The normalized spacial score (nSPS) is 17.1. The standard InChI is InChI=1S/C12H16N4O3/c1-14-4-6-15(7-5-14)13-11-3-2-10(9-17)8-12(11)16(18)19/h2-3,8-9,13H,4-7H2,1H3. The van der Waals surface area contributed by atoms with Crippen LogP contribution in [0.4, 0.5) is 11.4 Å². The van der Waals surface area contributed by atoms with Gasteiger partial charge in [0, 0.05) is 37.8 Å². The summed E-state index contributed by atoms with van der Waals surface area (Å²) in [5, 5.41) is 13.0. The minimum atomic E-state index is -0.481. The predicted octanol–water partition coefficient (Wildman–Crippen LogP) is 0.982. The Morgan fingerprint density at radius 2 is 2.00 bits per heavy atom. The molecule has 7 nitrogen and oxygen atoms in total. The summed E-state index contributed by atoms with van der Waals surface area (Å²) in [4.78, 5) is 23.4. The molecular formula is C12H16N4O3. The second kappa shape index (κ2) is 5.77. The average Bonchev–Trinajstić information content (AvgIpc) is 2.41. The molecule has 1 heterocycles. The quantitative estimate of drug-likeness (QED) is 0.496. The van der Waals surface area contributed by atoms with E-state index in [-0.39, 0.29) is 5.69 Å². The van der Waals surface area contributed by atoms with Crippen molar-refractivity contribution in [3.8, 4) is 0 Å². The van der Waals surface area contributed by atoms with Gasteiger partial charge in [-0.2, -0.15) is 0 Å². The van der Waals surface area contributed by atoms with Crippen LogP contribution < -0.4 is 5.43 Å². The number of nitro benzene ring substituents is 1. The van der Waals surface area contributed by atoms with E-state index >= 15 is 0 Å². The van der Waals surface area contributed by atoms with Gasteiger partial charge in [-0.1, -0.05) is 0 Å². The molecule has 0 unspecified atom stereocenters. The highest BCUT2D eigenvalue weighted by atomic mass is 16.6. The summed E-state index contributed by atoms with van der Waals surface area (Å²) in [6.07, 6.45) is 0.604. The fourth-order valence-corrected chi connectivity index (χ4v) is 1.96. The number of hydrogen-bond acceptors (Lipinski definition) is 6. The number of rotatable bonds is 4. The monoisotopic (exact) mass is 264 g/mol. The van der Waals surface area contributed by atoms with Crippen molar-refractivity contribution in [3.05, 3.63) is 33.9 Å². The fraction of sp³-hybridized carbons (Fsp3) is 0.417. The Kier molecular flexibility index (Phi) is 4.08. The number of hydrogen-bond donors (Lipinski definition) is 1. The number of carbonyl (C=O) groups excluding carboxylic acids is 1. The topological polar surface area (TPSA) is 78.7 Å². The largest absolute Gasteiger partial charge is 0.313 e. The van der Waals surface area contributed by atoms with Crippen LogP contribution >= 0.6 is 0 Å². The predicted molar refractivity (Wildman–Crippen MR) is 71.2 cm³/mol. The first-order chi connectivity index (χ1) is 9.10. The zero-order valence-electron chi connectivity index (χ0n) is 10.7. The lowest BCUT2D eigenvalue weighted by molar-refractivity contribution is -0.384. The highest BCUT2D eigenvalue weighted by Crippen LogP contribution is 2.25. The van der Waals surface area contributed by atoms with Crippen LogP contribution in [-0.4, -0.2) is 54.3 Å². The Balaban J connectivity index is 2.15. The van der Waals surface area contributed by atoms with E-state index in [2.05, 4.69) is 10.3 Å². The summed E-state index contributed by atoms with van der Waals surface area (Å²) < 4.78 is 0. The van der Waals surface area contributed by atoms with Crippen LogP contribution in [0.2, 0.25) is 0 Å². The number of piperazine rings is 1. The van der Waals surface area contributed by atoms with Crippen molar-refractivity contribution < 1.29 is 9.72 Å². The lowest BCUT2D eigenvalue weighted by Crippen LogP contribution is -2.47. The first-order valence-electron chi connectivity index (χ1n) is 6.04. The van der Waals surface area contributed by atoms with Gasteiger partial charge >= 0.3 is 0 Å². The summed E-state index contributed by atoms with van der Waals surface area (Å²) in [7, 11) is 2.04. The van der Waals surface area contributed by atoms with E-state index in [1.54, 1.807) is 12.1 Å². The molecule has 1 aliphatic heterocycles. The molecule has 0 saturated carbocycles. The first kappa shape index (κ1) is 13.4. The van der Waals surface area contributed by atoms with Gasteiger partial charge in [-0.15, -0.1) is 0 Å². The zero-order valence-corrected chi connectivity index (χ0v) is 10.7. The fourth-order valence-electron chi connectivity index (χ4n) is 1.96. The molecular weight excluding hydrogens is 248 g/mol. The Hall–Kier alpha value is -1.99. The van der Waals surface area contributed by atoms with E-state index in [1.807, 2.05) is 12.1 Å². The average molecular weight is 264 g/mol. The smallest absolute Gasteiger partial charge is 0.294 e. The maximum absolute atomic E-state index is 11.0. The molecule has 1 N–H and O–H groups in total. The van der Waals surface area contributed by atoms with Gasteiger partial charge in [0.1, 0.15) is 12.0 Å². The number of nitrogens with one attached hydrogen (secondary N) is 1. The van der Waals surface area contributed by atoms with Gasteiger partial charge in [-0.05, 0) is 19.2 Å². The van der Waals surface area contributed by atoms with Crippen molar-refractivity contribution >= 4 is 17.7 Å². The van der Waals surface area contributed by atoms with E-state index in [0.717, 1.165) is 26.2 Å². The van der Waals surface area contributed by atoms with Crippen LogP contribution in [0.1, 0.15) is 10.4 Å². The minimum Gasteiger partial charge on any atom is -0.313 e. The van der Waals surface area contributed by atoms with Gasteiger partial charge in [0.15, 0.2) is 0 Å². The van der Waals surface area contributed by atoms with Crippen molar-refractivity contribution in [1.29, 1.82) is 0 Å². The second-order valence-corrected chi connectivity index (χ2v) is 4.55. The molecule has 19 heavy (non-hydrogen) atoms. The minimum absolute atomic E-state index is 0.0801. The van der Waals surface area contributed by atoms with E-state index in [0.29, 0.717) is 17.5 Å². The molecule has 0 radical (unpaired) electrons. The third-order valence-corrected chi connectivity index (χ3v) is 3.14. The zero-order chi connectivity index (χ0) is 13.8. The van der Waals surface area contributed by atoms with Gasteiger partial charge in [0.2, 0.25) is 0 Å². The summed E-state index contributed by atoms with van der Waals surface area (Å²) in [5.74, 6) is 0. The molecule has 1 saturated heterocycles. The Labute approximate surface area is 110 Å². The molecule has 1 fully saturated rings. The number of nitrogens with zero attached hydrogens (tertiary/aromatic N) is 3. The number of hydrazine groups is 1. The third kappa shape index (κ3) is 3.27. The third-order valence-electron chi connectivity index (χ3n) is 3.14. The molecule has 2 rings (SSSR count). The Bertz CT molecular complexity index is 484. The number of aldehydes is 1. The van der Waals surface area contributed by atoms with Crippen molar-refractivity contribution in [2.45, 2.75) is 0 Å². The summed E-state index contributed by atoms with van der Waals surface area (Å²) in [6, 6.07) is 4.42. The number of carbonyl (C=O) groups is 1. The highest BCUT2D eigenvalue weighted by Gasteiger charge is 2.19. The molecule has 0 aliphatic carbocycles. The van der Waals surface area contributed by atoms with Crippen LogP contribution in [0, 0.1) is 10.1 Å². The molecule has 0 spiro atoms. The number of anilines is 1. The number of benzene rings is 1. The van der Waals surface area contributed by atoms with E-state index in [1.165, 1.54) is 6.07 Å². The summed E-state index contributed by atoms with van der Waals surface area (Å²) >= 11 is 0. The second-order valence-electron chi connectivity index (χ2n) is 4.55. The van der Waals surface area contributed by atoms with Gasteiger partial charge < -0.3 is 10.3 Å². The van der Waals surface area contributed by atoms with Crippen molar-refractivity contribution in [3.63, 3.8) is 0 Å². The molecule has 0 aromatic heterocycles. The number of nitro groups is 1. The first-order valence-corrected chi connectivity index (χ1v) is 6.04. The molecule has 0 bridgehead atoms. The van der Waals surface area contributed by atoms with Crippen molar-refractivity contribution in [1.82, 2.24) is 9.91 Å². The van der Waals surface area contributed by atoms with Crippen LogP contribution in [0.5, 0.6) is 0 Å². The van der Waals surface area contributed by atoms with Gasteiger partial charge in [-0.25, -0.2) is 5.01 Å². The van der Waals surface area contributed by atoms with Gasteiger partial charge in [0.05, 0.1) is 4.92 Å². The van der Waals surface area contributed by atoms with Gasteiger partial charge in [0.25, 0.3) is 5.69 Å². The maximum atomic E-state index is 11.0. The SMILES string of the molecule is CN1CCN(Nc2ccc(C=O)cc2[N+](=O)[O-])CC1. The van der Waals surface area contributed by atoms with Gasteiger partial charge in [-0.3, -0.25) is 14.9 Å². The molecule has 102 valence electrons. The number of likely N-dealkylation sites (N-methyl/N-ethyl adjacent to an activating group) is 1. The molecule has 1 aromatic rings. The van der Waals surface area contributed by atoms with Crippen LogP contribution in [0.3, 0.4) is 0 Å². The van der Waals surface area contributed by atoms with Crippen LogP contribution in [-0.2, 0) is 0 Å². The molecule has 0 atom stereocenters. The Morgan fingerprint density at radius 1 is 1.32 bits per heavy atom. The van der Waals surface area contributed by atoms with E-state index < -0.39 is 4.92 Å². The lowest BCUT2D eigenvalue weighted by atomic mass is 10.2. The summed E-state index contributed by atoms with van der Waals surface area (Å²) in [5.41, 5.74) is 3.69. The molecule has 1 aliphatic rings. The van der Waals surface area contributed by atoms with Crippen molar-refractivity contribution in [2.75, 3.05) is 38.7 Å². The van der Waals surface area contributed by atoms with Crippen molar-refractivity contribution in [2.24, 2.45) is 0 Å². The maximum Gasteiger partial charge on any atom is 0.294 e. The highest BCUT2D eigenvalue weighted by molar-refractivity contribution is 5.79.